The Labute approximate surface area is 235 Å². The molecule has 8 nitrogen and oxygen atoms in total. The number of nitrogens with zero attached hydrogens (tertiary/aromatic N) is 4. The lowest BCUT2D eigenvalue weighted by atomic mass is 9.87. The van der Waals surface area contributed by atoms with Gasteiger partial charge in [-0.2, -0.15) is 0 Å². The summed E-state index contributed by atoms with van der Waals surface area (Å²) < 4.78 is 25.1. The van der Waals surface area contributed by atoms with Gasteiger partial charge >= 0.3 is 5.97 Å². The summed E-state index contributed by atoms with van der Waals surface area (Å²) in [6, 6.07) is 8.35. The van der Waals surface area contributed by atoms with Crippen LogP contribution in [0, 0.1) is 11.7 Å². The molecular formula is C31H39FN4O4. The van der Waals surface area contributed by atoms with Gasteiger partial charge in [0.05, 0.1) is 31.0 Å². The molecule has 2 atom stereocenters. The molecule has 0 bridgehead atoms. The van der Waals surface area contributed by atoms with Gasteiger partial charge in [-0.15, -0.1) is 0 Å². The van der Waals surface area contributed by atoms with Gasteiger partial charge in [-0.05, 0) is 63.1 Å². The molecule has 2 aromatic rings. The number of halogens is 1. The minimum absolute atomic E-state index is 0.167. The second-order valence-electron chi connectivity index (χ2n) is 11.8. The van der Waals surface area contributed by atoms with Gasteiger partial charge in [-0.3, -0.25) is 9.88 Å². The highest BCUT2D eigenvalue weighted by atomic mass is 19.1. The maximum atomic E-state index is 13.6. The number of hydrogen-bond donors (Lipinski definition) is 0. The Morgan fingerprint density at radius 2 is 1.93 bits per heavy atom. The van der Waals surface area contributed by atoms with E-state index in [0.717, 1.165) is 79.4 Å². The molecule has 2 unspecified atom stereocenters. The lowest BCUT2D eigenvalue weighted by Crippen LogP contribution is -2.62. The van der Waals surface area contributed by atoms with E-state index in [1.807, 2.05) is 32.0 Å². The number of aromatic nitrogens is 1. The first-order valence-corrected chi connectivity index (χ1v) is 14.7. The second kappa shape index (κ2) is 11.0. The average Bonchev–Trinajstić information content (AvgIpc) is 3.68. The van der Waals surface area contributed by atoms with Gasteiger partial charge in [-0.1, -0.05) is 24.2 Å². The van der Waals surface area contributed by atoms with E-state index in [-0.39, 0.29) is 23.4 Å². The van der Waals surface area contributed by atoms with Crippen LogP contribution in [0.25, 0.3) is 11.1 Å². The van der Waals surface area contributed by atoms with Crippen LogP contribution in [-0.4, -0.2) is 71.1 Å². The lowest BCUT2D eigenvalue weighted by molar-refractivity contribution is -0.149. The van der Waals surface area contributed by atoms with E-state index in [1.54, 1.807) is 0 Å². The molecule has 3 aliphatic heterocycles. The fourth-order valence-corrected chi connectivity index (χ4v) is 6.35. The number of piperidine rings is 1. The molecular weight excluding hydrogens is 511 g/mol. The highest BCUT2D eigenvalue weighted by Crippen LogP contribution is 2.47. The molecule has 6 rings (SSSR count). The molecule has 4 aliphatic rings. The molecule has 4 heterocycles. The fourth-order valence-electron chi connectivity index (χ4n) is 6.35. The van der Waals surface area contributed by atoms with Crippen LogP contribution in [-0.2, 0) is 20.9 Å². The van der Waals surface area contributed by atoms with Gasteiger partial charge in [0.2, 0.25) is 0 Å². The number of carbonyl (C=O) groups is 1. The highest BCUT2D eigenvalue weighted by Gasteiger charge is 2.52. The summed E-state index contributed by atoms with van der Waals surface area (Å²) in [5, 5.41) is 4.48. The molecule has 1 aromatic heterocycles. The molecule has 0 amide bonds. The van der Waals surface area contributed by atoms with Gasteiger partial charge in [0, 0.05) is 43.7 Å². The number of likely N-dealkylation sites (tertiary alicyclic amines) is 2. The highest BCUT2D eigenvalue weighted by molar-refractivity contribution is 5.89. The Hall–Kier alpha value is -3.20. The number of carbonyl (C=O) groups excluding carboxylic acids is 1. The molecule has 1 spiro atoms. The van der Waals surface area contributed by atoms with Crippen LogP contribution in [0.1, 0.15) is 70.2 Å². The molecule has 3 fully saturated rings. The average molecular weight is 551 g/mol. The molecule has 9 heteroatoms. The summed E-state index contributed by atoms with van der Waals surface area (Å²) in [6.45, 7) is 9.92. The topological polar surface area (TPSA) is 76.5 Å². The van der Waals surface area contributed by atoms with E-state index in [1.165, 1.54) is 12.1 Å². The van der Waals surface area contributed by atoms with E-state index in [4.69, 9.17) is 19.3 Å². The first kappa shape index (κ1) is 27.0. The number of ether oxygens (including phenoxy) is 2. The van der Waals surface area contributed by atoms with Crippen LogP contribution in [0.5, 0.6) is 5.75 Å². The monoisotopic (exact) mass is 550 g/mol. The van der Waals surface area contributed by atoms with Gasteiger partial charge in [0.25, 0.3) is 0 Å². The molecule has 40 heavy (non-hydrogen) atoms. The molecule has 214 valence electrons. The largest absolute Gasteiger partial charge is 0.493 e. The van der Waals surface area contributed by atoms with E-state index < -0.39 is 0 Å². The van der Waals surface area contributed by atoms with Crippen LogP contribution >= 0.6 is 0 Å². The molecule has 1 aliphatic carbocycles. The van der Waals surface area contributed by atoms with Crippen molar-refractivity contribution >= 4 is 11.8 Å². The van der Waals surface area contributed by atoms with Crippen molar-refractivity contribution in [2.75, 3.05) is 32.8 Å². The zero-order chi connectivity index (χ0) is 27.9. The summed E-state index contributed by atoms with van der Waals surface area (Å²) in [5.41, 5.74) is 3.59. The minimum Gasteiger partial charge on any atom is -0.493 e. The van der Waals surface area contributed by atoms with Crippen LogP contribution in [0.2, 0.25) is 0 Å². The lowest BCUT2D eigenvalue weighted by Gasteiger charge is -2.45. The SMILES string of the molecule is CCOC(=O)C1CC(C)CCN1C1=NOC2(C1)CN(Cc1cc(OCC)c(-c3ccc(F)cc3)c(C3CC3)n1)C2. The van der Waals surface area contributed by atoms with Gasteiger partial charge in [0.1, 0.15) is 23.4 Å². The third-order valence-electron chi connectivity index (χ3n) is 8.45. The van der Waals surface area contributed by atoms with Crippen molar-refractivity contribution in [1.82, 2.24) is 14.8 Å². The summed E-state index contributed by atoms with van der Waals surface area (Å²) >= 11 is 0. The van der Waals surface area contributed by atoms with Crippen LogP contribution in [0.4, 0.5) is 4.39 Å². The van der Waals surface area contributed by atoms with Crippen molar-refractivity contribution in [2.24, 2.45) is 11.1 Å². The smallest absolute Gasteiger partial charge is 0.328 e. The number of oxime groups is 1. The fraction of sp³-hybridized carbons (Fsp3) is 0.581. The number of benzene rings is 1. The van der Waals surface area contributed by atoms with Gasteiger partial charge < -0.3 is 19.2 Å². The van der Waals surface area contributed by atoms with E-state index >= 15 is 0 Å². The first-order chi connectivity index (χ1) is 19.4. The third-order valence-corrected chi connectivity index (χ3v) is 8.45. The van der Waals surface area contributed by atoms with E-state index in [9.17, 15) is 9.18 Å². The molecule has 1 aromatic carbocycles. The van der Waals surface area contributed by atoms with Crippen molar-refractivity contribution in [3.63, 3.8) is 0 Å². The Balaban J connectivity index is 1.14. The Morgan fingerprint density at radius 1 is 1.15 bits per heavy atom. The van der Waals surface area contributed by atoms with Crippen molar-refractivity contribution in [2.45, 2.75) is 77.0 Å². The Bertz CT molecular complexity index is 1270. The van der Waals surface area contributed by atoms with Crippen molar-refractivity contribution < 1.29 is 23.5 Å². The molecule has 0 N–H and O–H groups in total. The van der Waals surface area contributed by atoms with E-state index in [2.05, 4.69) is 21.9 Å². The van der Waals surface area contributed by atoms with Gasteiger partial charge in [0.15, 0.2) is 5.60 Å². The second-order valence-corrected chi connectivity index (χ2v) is 11.8. The number of amidine groups is 1. The number of esters is 1. The number of pyridine rings is 1. The van der Waals surface area contributed by atoms with Crippen molar-refractivity contribution in [3.8, 4) is 16.9 Å². The zero-order valence-electron chi connectivity index (χ0n) is 23.7. The maximum Gasteiger partial charge on any atom is 0.328 e. The summed E-state index contributed by atoms with van der Waals surface area (Å²) in [7, 11) is 0. The Morgan fingerprint density at radius 3 is 2.62 bits per heavy atom. The van der Waals surface area contributed by atoms with Crippen LogP contribution in [0.3, 0.4) is 0 Å². The van der Waals surface area contributed by atoms with Crippen LogP contribution in [0.15, 0.2) is 35.5 Å². The summed E-state index contributed by atoms with van der Waals surface area (Å²) in [6.07, 6.45) is 4.72. The third kappa shape index (κ3) is 5.40. The zero-order valence-corrected chi connectivity index (χ0v) is 23.7. The quantitative estimate of drug-likeness (QED) is 0.423. The van der Waals surface area contributed by atoms with Crippen LogP contribution < -0.4 is 4.74 Å². The summed E-state index contributed by atoms with van der Waals surface area (Å²) in [5.74, 6) is 2.14. The first-order valence-electron chi connectivity index (χ1n) is 14.7. The normalized spacial score (nSPS) is 23.9. The maximum absolute atomic E-state index is 13.6. The van der Waals surface area contributed by atoms with Crippen molar-refractivity contribution in [3.05, 3.63) is 47.5 Å². The summed E-state index contributed by atoms with van der Waals surface area (Å²) in [4.78, 5) is 28.3. The van der Waals surface area contributed by atoms with Crippen molar-refractivity contribution in [1.29, 1.82) is 0 Å². The Kier molecular flexibility index (Phi) is 7.42. The molecule has 1 saturated carbocycles. The molecule has 2 saturated heterocycles. The number of hydrogen-bond acceptors (Lipinski definition) is 8. The van der Waals surface area contributed by atoms with E-state index in [0.29, 0.717) is 38.0 Å². The predicted octanol–water partition coefficient (Wildman–Crippen LogP) is 5.12. The minimum atomic E-state index is -0.353. The number of rotatable bonds is 8. The van der Waals surface area contributed by atoms with Gasteiger partial charge in [-0.25, -0.2) is 9.18 Å². The molecule has 0 radical (unpaired) electrons. The standard InChI is InChI=1S/C31H39FN4O4/c1-4-38-26-15-24(33-29(22-6-7-22)28(26)21-8-10-23(32)11-9-21)17-35-18-31(19-35)16-27(34-40-31)36-13-12-20(3)14-25(36)30(37)39-5-2/h8-11,15,20,22,25H,4-7,12-14,16-19H2,1-3H3. The predicted molar refractivity (Wildman–Crippen MR) is 149 cm³/mol.